The molecule has 4 rings (SSSR count). The van der Waals surface area contributed by atoms with E-state index in [-0.39, 0.29) is 5.75 Å². The van der Waals surface area contributed by atoms with Gasteiger partial charge >= 0.3 is 0 Å². The van der Waals surface area contributed by atoms with Crippen LogP contribution in [0.4, 0.5) is 5.69 Å². The summed E-state index contributed by atoms with van der Waals surface area (Å²) < 4.78 is 0. The first-order chi connectivity index (χ1) is 13.2. The minimum Gasteiger partial charge on any atom is -0.506 e. The van der Waals surface area contributed by atoms with Crippen LogP contribution >= 0.6 is 0 Å². The number of benzene rings is 2. The minimum atomic E-state index is 0.253. The van der Waals surface area contributed by atoms with Crippen LogP contribution in [0.15, 0.2) is 54.7 Å². The molecule has 4 nitrogen and oxygen atoms in total. The Kier molecular flexibility index (Phi) is 6.30. The van der Waals surface area contributed by atoms with Crippen molar-refractivity contribution in [3.63, 3.8) is 0 Å². The molecule has 0 bridgehead atoms. The first kappa shape index (κ1) is 19.2. The number of anilines is 1. The summed E-state index contributed by atoms with van der Waals surface area (Å²) in [6.45, 7) is 11.2. The van der Waals surface area contributed by atoms with Crippen molar-refractivity contribution in [2.24, 2.45) is 0 Å². The van der Waals surface area contributed by atoms with Crippen LogP contribution in [0.5, 0.6) is 5.75 Å². The van der Waals surface area contributed by atoms with Gasteiger partial charge in [0.05, 0.1) is 0 Å². The number of hydrogen-bond acceptors (Lipinski definition) is 4. The minimum absolute atomic E-state index is 0.253. The van der Waals surface area contributed by atoms with E-state index in [9.17, 15) is 5.11 Å². The van der Waals surface area contributed by atoms with Crippen LogP contribution in [0.2, 0.25) is 0 Å². The largest absolute Gasteiger partial charge is 0.506 e. The lowest BCUT2D eigenvalue weighted by Crippen LogP contribution is -2.46. The molecule has 1 aromatic heterocycles. The molecule has 0 amide bonds. The van der Waals surface area contributed by atoms with Crippen molar-refractivity contribution in [3.8, 4) is 5.75 Å². The van der Waals surface area contributed by atoms with Gasteiger partial charge in [0.15, 0.2) is 0 Å². The zero-order valence-electron chi connectivity index (χ0n) is 16.5. The van der Waals surface area contributed by atoms with Gasteiger partial charge in [-0.1, -0.05) is 43.7 Å². The number of nitrogens with zero attached hydrogens (tertiary/aromatic N) is 3. The van der Waals surface area contributed by atoms with Crippen molar-refractivity contribution < 1.29 is 5.11 Å². The predicted octanol–water partition coefficient (Wildman–Crippen LogP) is 4.60. The van der Waals surface area contributed by atoms with E-state index in [1.165, 1.54) is 16.8 Å². The fraction of sp³-hybridized carbons (Fsp3) is 0.348. The van der Waals surface area contributed by atoms with E-state index in [0.29, 0.717) is 5.52 Å². The molecule has 2 heterocycles. The zero-order chi connectivity index (χ0) is 19.2. The Morgan fingerprint density at radius 3 is 2.33 bits per heavy atom. The molecule has 0 unspecified atom stereocenters. The highest BCUT2D eigenvalue weighted by Gasteiger charge is 2.18. The number of hydrogen-bond donors (Lipinski definition) is 1. The van der Waals surface area contributed by atoms with Gasteiger partial charge in [0, 0.05) is 50.0 Å². The molecule has 3 aromatic rings. The Morgan fingerprint density at radius 1 is 0.926 bits per heavy atom. The lowest BCUT2D eigenvalue weighted by Gasteiger charge is -2.36. The molecule has 142 valence electrons. The molecule has 0 aliphatic carbocycles. The van der Waals surface area contributed by atoms with Crippen LogP contribution in [0.3, 0.4) is 0 Å². The fourth-order valence-electron chi connectivity index (χ4n) is 3.52. The number of phenols is 1. The lowest BCUT2D eigenvalue weighted by atomic mass is 10.1. The van der Waals surface area contributed by atoms with Crippen LogP contribution in [0.1, 0.15) is 25.0 Å². The van der Waals surface area contributed by atoms with Crippen molar-refractivity contribution in [2.45, 2.75) is 27.3 Å². The quantitative estimate of drug-likeness (QED) is 0.738. The van der Waals surface area contributed by atoms with E-state index >= 15 is 0 Å². The second-order valence-corrected chi connectivity index (χ2v) is 6.74. The third-order valence-corrected chi connectivity index (χ3v) is 5.00. The van der Waals surface area contributed by atoms with Crippen LogP contribution in [-0.2, 0) is 6.54 Å². The standard InChI is InChI=1S/C21H23N3O.C2H6/c1-16-4-7-18(8-5-16)24-13-11-23(12-14-24)15-17-6-9-20(25)21-19(17)3-2-10-22-21;1-2/h2-10,25H,11-15H2,1H3;1-2H3. The normalized spacial score (nSPS) is 14.7. The predicted molar refractivity (Wildman–Crippen MR) is 113 cm³/mol. The summed E-state index contributed by atoms with van der Waals surface area (Å²) in [7, 11) is 0. The van der Waals surface area contributed by atoms with Crippen LogP contribution < -0.4 is 4.90 Å². The Morgan fingerprint density at radius 2 is 1.63 bits per heavy atom. The number of aromatic nitrogens is 1. The number of piperazine rings is 1. The summed E-state index contributed by atoms with van der Waals surface area (Å²) in [5, 5.41) is 11.0. The third kappa shape index (κ3) is 4.40. The van der Waals surface area contributed by atoms with E-state index in [0.717, 1.165) is 38.1 Å². The second kappa shape index (κ2) is 8.87. The number of aryl methyl sites for hydroxylation is 1. The molecule has 1 saturated heterocycles. The number of rotatable bonds is 3. The van der Waals surface area contributed by atoms with Gasteiger partial charge in [-0.2, -0.15) is 0 Å². The lowest BCUT2D eigenvalue weighted by molar-refractivity contribution is 0.250. The summed E-state index contributed by atoms with van der Waals surface area (Å²) >= 11 is 0. The average Bonchev–Trinajstić information content (AvgIpc) is 2.73. The van der Waals surface area contributed by atoms with Crippen molar-refractivity contribution >= 4 is 16.6 Å². The monoisotopic (exact) mass is 363 g/mol. The highest BCUT2D eigenvalue weighted by molar-refractivity contribution is 5.87. The van der Waals surface area contributed by atoms with Gasteiger partial charge in [-0.3, -0.25) is 9.88 Å². The highest BCUT2D eigenvalue weighted by Crippen LogP contribution is 2.27. The second-order valence-electron chi connectivity index (χ2n) is 6.74. The third-order valence-electron chi connectivity index (χ3n) is 5.00. The molecule has 1 fully saturated rings. The number of aromatic hydroxyl groups is 1. The van der Waals surface area contributed by atoms with Gasteiger partial charge in [-0.05, 0) is 36.8 Å². The van der Waals surface area contributed by atoms with Gasteiger partial charge in [0.2, 0.25) is 0 Å². The van der Waals surface area contributed by atoms with Gasteiger partial charge < -0.3 is 10.0 Å². The number of phenolic OH excluding ortho intramolecular Hbond substituents is 1. The van der Waals surface area contributed by atoms with Crippen LogP contribution in [0, 0.1) is 6.92 Å². The molecule has 0 radical (unpaired) electrons. The van der Waals surface area contributed by atoms with E-state index in [2.05, 4.69) is 46.0 Å². The molecule has 1 aliphatic heterocycles. The summed E-state index contributed by atoms with van der Waals surface area (Å²) in [5.74, 6) is 0.253. The smallest absolute Gasteiger partial charge is 0.141 e. The van der Waals surface area contributed by atoms with Crippen molar-refractivity contribution in [3.05, 3.63) is 65.9 Å². The number of fused-ring (bicyclic) bond motifs is 1. The molecular weight excluding hydrogens is 334 g/mol. The van der Waals surface area contributed by atoms with E-state index in [4.69, 9.17) is 0 Å². The summed E-state index contributed by atoms with van der Waals surface area (Å²) in [6.07, 6.45) is 1.73. The molecule has 0 saturated carbocycles. The maximum Gasteiger partial charge on any atom is 0.141 e. The summed E-state index contributed by atoms with van der Waals surface area (Å²) in [4.78, 5) is 9.24. The molecule has 2 aromatic carbocycles. The zero-order valence-corrected chi connectivity index (χ0v) is 16.5. The Hall–Kier alpha value is -2.59. The molecule has 1 aliphatic rings. The molecule has 0 spiro atoms. The van der Waals surface area contributed by atoms with E-state index in [1.807, 2.05) is 32.0 Å². The van der Waals surface area contributed by atoms with E-state index < -0.39 is 0 Å². The Labute approximate surface area is 162 Å². The summed E-state index contributed by atoms with van der Waals surface area (Å²) in [5.41, 5.74) is 4.53. The van der Waals surface area contributed by atoms with Crippen LogP contribution in [0.25, 0.3) is 10.9 Å². The number of pyridine rings is 1. The molecule has 0 atom stereocenters. The maximum atomic E-state index is 10.00. The Bertz CT molecular complexity index is 868. The van der Waals surface area contributed by atoms with Crippen molar-refractivity contribution in [1.29, 1.82) is 0 Å². The molecule has 1 N–H and O–H groups in total. The highest BCUT2D eigenvalue weighted by atomic mass is 16.3. The van der Waals surface area contributed by atoms with Crippen LogP contribution in [-0.4, -0.2) is 41.2 Å². The van der Waals surface area contributed by atoms with Crippen molar-refractivity contribution in [2.75, 3.05) is 31.1 Å². The topological polar surface area (TPSA) is 39.6 Å². The van der Waals surface area contributed by atoms with Gasteiger partial charge in [0.1, 0.15) is 11.3 Å². The maximum absolute atomic E-state index is 10.00. The first-order valence-corrected chi connectivity index (χ1v) is 9.80. The van der Waals surface area contributed by atoms with Crippen molar-refractivity contribution in [1.82, 2.24) is 9.88 Å². The molecular formula is C23H29N3O. The summed E-state index contributed by atoms with van der Waals surface area (Å²) in [6, 6.07) is 16.5. The SMILES string of the molecule is CC.Cc1ccc(N2CCN(Cc3ccc(O)c4ncccc34)CC2)cc1. The van der Waals surface area contributed by atoms with Gasteiger partial charge in [0.25, 0.3) is 0 Å². The fourth-order valence-corrected chi connectivity index (χ4v) is 3.52. The molecule has 4 heteroatoms. The first-order valence-electron chi connectivity index (χ1n) is 9.80. The van der Waals surface area contributed by atoms with E-state index in [1.54, 1.807) is 12.3 Å². The Balaban J connectivity index is 0.00000102. The average molecular weight is 364 g/mol. The van der Waals surface area contributed by atoms with Gasteiger partial charge in [-0.25, -0.2) is 0 Å². The van der Waals surface area contributed by atoms with Gasteiger partial charge in [-0.15, -0.1) is 0 Å². The molecule has 27 heavy (non-hydrogen) atoms.